The summed E-state index contributed by atoms with van der Waals surface area (Å²) in [5, 5.41) is 8.32. The van der Waals surface area contributed by atoms with Crippen LogP contribution in [0.15, 0.2) is 58.3 Å². The molecule has 9 nitrogen and oxygen atoms in total. The lowest BCUT2D eigenvalue weighted by Crippen LogP contribution is -2.44. The number of aromatic nitrogens is 2. The van der Waals surface area contributed by atoms with E-state index in [-0.39, 0.29) is 32.4 Å². The molecule has 0 radical (unpaired) electrons. The minimum absolute atomic E-state index is 0.00210. The van der Waals surface area contributed by atoms with Crippen LogP contribution in [0, 0.1) is 0 Å². The summed E-state index contributed by atoms with van der Waals surface area (Å²) < 4.78 is 88.8. The summed E-state index contributed by atoms with van der Waals surface area (Å²) in [5.41, 5.74) is 0.774. The van der Waals surface area contributed by atoms with Gasteiger partial charge in [0.2, 0.25) is 15.8 Å². The zero-order chi connectivity index (χ0) is 26.3. The molecule has 1 aliphatic rings. The second-order valence-electron chi connectivity index (χ2n) is 8.20. The normalized spacial score (nSPS) is 15.2. The molecule has 36 heavy (non-hydrogen) atoms. The molecular formula is C22H22F3N5O4S2. The number of piperazine rings is 1. The van der Waals surface area contributed by atoms with E-state index >= 15 is 0 Å². The van der Waals surface area contributed by atoms with Crippen LogP contribution in [-0.4, -0.2) is 59.2 Å². The van der Waals surface area contributed by atoms with Crippen molar-refractivity contribution >= 4 is 25.7 Å². The molecule has 0 atom stereocenters. The minimum Gasteiger partial charge on any atom is -0.353 e. The Labute approximate surface area is 206 Å². The van der Waals surface area contributed by atoms with Crippen molar-refractivity contribution in [2.75, 3.05) is 37.3 Å². The van der Waals surface area contributed by atoms with Crippen molar-refractivity contribution in [3.8, 4) is 22.4 Å². The molecule has 3 N–H and O–H groups in total. The molecule has 0 saturated carbocycles. The lowest BCUT2D eigenvalue weighted by Gasteiger charge is -2.31. The summed E-state index contributed by atoms with van der Waals surface area (Å²) in [6.07, 6.45) is -3.82. The van der Waals surface area contributed by atoms with Crippen molar-refractivity contribution in [2.45, 2.75) is 16.0 Å². The zero-order valence-electron chi connectivity index (χ0n) is 18.9. The Bertz CT molecular complexity index is 1490. The van der Waals surface area contributed by atoms with Gasteiger partial charge in [-0.05, 0) is 29.8 Å². The van der Waals surface area contributed by atoms with Crippen LogP contribution in [0.1, 0.15) is 5.82 Å². The van der Waals surface area contributed by atoms with Crippen molar-refractivity contribution in [3.63, 3.8) is 0 Å². The van der Waals surface area contributed by atoms with E-state index in [1.807, 2.05) is 0 Å². The first kappa shape index (κ1) is 26.0. The average Bonchev–Trinajstić information content (AvgIpc) is 2.82. The van der Waals surface area contributed by atoms with Crippen LogP contribution in [-0.2, 0) is 26.0 Å². The molecule has 0 aliphatic carbocycles. The number of sulfonamides is 1. The molecule has 1 aliphatic heterocycles. The molecule has 2 heterocycles. The van der Waals surface area contributed by atoms with Crippen LogP contribution in [0.5, 0.6) is 0 Å². The lowest BCUT2D eigenvalue weighted by molar-refractivity contribution is -0.144. The van der Waals surface area contributed by atoms with Gasteiger partial charge in [0.05, 0.1) is 21.0 Å². The Balaban J connectivity index is 2.01. The highest BCUT2D eigenvalue weighted by molar-refractivity contribution is 7.90. The maximum atomic E-state index is 13.9. The van der Waals surface area contributed by atoms with Gasteiger partial charge in [-0.15, -0.1) is 0 Å². The molecule has 0 bridgehead atoms. The molecule has 192 valence electrons. The number of alkyl halides is 3. The summed E-state index contributed by atoms with van der Waals surface area (Å²) >= 11 is 0. The third-order valence-corrected chi connectivity index (χ3v) is 7.65. The van der Waals surface area contributed by atoms with E-state index < -0.39 is 31.9 Å². The fourth-order valence-electron chi connectivity index (χ4n) is 3.83. The van der Waals surface area contributed by atoms with Crippen molar-refractivity contribution in [1.82, 2.24) is 15.3 Å². The van der Waals surface area contributed by atoms with Gasteiger partial charge in [-0.3, -0.25) is 0 Å². The fraction of sp³-hybridized carbons (Fsp3) is 0.273. The fourth-order valence-corrected chi connectivity index (χ4v) is 4.97. The highest BCUT2D eigenvalue weighted by atomic mass is 32.2. The molecular weight excluding hydrogens is 519 g/mol. The van der Waals surface area contributed by atoms with Crippen LogP contribution < -0.4 is 15.4 Å². The molecule has 4 rings (SSSR count). The number of nitrogens with one attached hydrogen (secondary N) is 1. The second kappa shape index (κ2) is 9.42. The van der Waals surface area contributed by atoms with Crippen molar-refractivity contribution in [2.24, 2.45) is 5.14 Å². The molecule has 14 heteroatoms. The first-order valence-corrected chi connectivity index (χ1v) is 14.1. The molecule has 1 saturated heterocycles. The van der Waals surface area contributed by atoms with Gasteiger partial charge in [0, 0.05) is 38.0 Å². The third-order valence-electron chi connectivity index (χ3n) is 5.59. The molecule has 1 fully saturated rings. The highest BCUT2D eigenvalue weighted by Gasteiger charge is 2.37. The summed E-state index contributed by atoms with van der Waals surface area (Å²) in [7, 11) is -7.53. The number of nitrogens with zero attached hydrogens (tertiary/aromatic N) is 3. The molecule has 0 amide bonds. The van der Waals surface area contributed by atoms with Gasteiger partial charge in [0.25, 0.3) is 0 Å². The number of benzene rings is 2. The summed E-state index contributed by atoms with van der Waals surface area (Å²) in [5.74, 6) is -1.31. The van der Waals surface area contributed by atoms with E-state index in [1.54, 1.807) is 4.90 Å². The number of rotatable bonds is 5. The smallest absolute Gasteiger partial charge is 0.353 e. The van der Waals surface area contributed by atoms with Gasteiger partial charge >= 0.3 is 6.18 Å². The predicted octanol–water partition coefficient (Wildman–Crippen LogP) is 2.29. The Hall–Kier alpha value is -3.07. The highest BCUT2D eigenvalue weighted by Crippen LogP contribution is 2.41. The second-order valence-corrected chi connectivity index (χ2v) is 11.8. The van der Waals surface area contributed by atoms with Crippen molar-refractivity contribution in [1.29, 1.82) is 0 Å². The van der Waals surface area contributed by atoms with Crippen LogP contribution in [0.2, 0.25) is 0 Å². The summed E-state index contributed by atoms with van der Waals surface area (Å²) in [6.45, 7) is 1.80. The Kier molecular flexibility index (Phi) is 6.81. The SMILES string of the molecule is CS(=O)(=O)c1ccc(-c2nc(C(F)(F)F)nc(N3CCNCC3)c2-c2ccc(S(N)(=O)=O)cc2)cc1. The summed E-state index contributed by atoms with van der Waals surface area (Å²) in [6, 6.07) is 10.7. The summed E-state index contributed by atoms with van der Waals surface area (Å²) in [4.78, 5) is 9.25. The zero-order valence-corrected chi connectivity index (χ0v) is 20.6. The van der Waals surface area contributed by atoms with Crippen LogP contribution >= 0.6 is 0 Å². The minimum atomic E-state index is -4.85. The monoisotopic (exact) mass is 541 g/mol. The first-order chi connectivity index (χ1) is 16.7. The van der Waals surface area contributed by atoms with Gasteiger partial charge in [-0.2, -0.15) is 13.2 Å². The first-order valence-electron chi connectivity index (χ1n) is 10.6. The van der Waals surface area contributed by atoms with E-state index in [2.05, 4.69) is 15.3 Å². The van der Waals surface area contributed by atoms with Gasteiger partial charge in [0.1, 0.15) is 5.82 Å². The quantitative estimate of drug-likeness (QED) is 0.502. The maximum Gasteiger partial charge on any atom is 0.451 e. The van der Waals surface area contributed by atoms with E-state index in [0.29, 0.717) is 31.7 Å². The van der Waals surface area contributed by atoms with E-state index in [9.17, 15) is 30.0 Å². The number of sulfone groups is 1. The molecule has 0 spiro atoms. The topological polar surface area (TPSA) is 135 Å². The Morgan fingerprint density at radius 3 is 1.89 bits per heavy atom. The number of halogens is 3. The van der Waals surface area contributed by atoms with E-state index in [4.69, 9.17) is 5.14 Å². The number of anilines is 1. The number of hydrogen-bond acceptors (Lipinski definition) is 8. The van der Waals surface area contributed by atoms with Crippen molar-refractivity contribution < 1.29 is 30.0 Å². The van der Waals surface area contributed by atoms with Crippen LogP contribution in [0.4, 0.5) is 19.0 Å². The van der Waals surface area contributed by atoms with E-state index in [0.717, 1.165) is 6.26 Å². The standard InChI is InChI=1S/C22H22F3N5O4S2/c1-35(31,32)16-6-4-15(5-7-16)19-18(14-2-8-17(9-3-14)36(26,33)34)20(30-12-10-27-11-13-30)29-21(28-19)22(23,24)25/h2-9,27H,10-13H2,1H3,(H2,26,33,34). The predicted molar refractivity (Wildman–Crippen MR) is 127 cm³/mol. The molecule has 1 aromatic heterocycles. The van der Waals surface area contributed by atoms with Crippen LogP contribution in [0.3, 0.4) is 0 Å². The van der Waals surface area contributed by atoms with Crippen molar-refractivity contribution in [3.05, 3.63) is 54.4 Å². The number of nitrogens with two attached hydrogens (primary N) is 1. The van der Waals surface area contributed by atoms with Gasteiger partial charge in [-0.25, -0.2) is 31.9 Å². The number of primary sulfonamides is 1. The maximum absolute atomic E-state index is 13.9. The van der Waals surface area contributed by atoms with Gasteiger partial charge < -0.3 is 10.2 Å². The molecule has 0 unspecified atom stereocenters. The Morgan fingerprint density at radius 1 is 0.861 bits per heavy atom. The Morgan fingerprint density at radius 2 is 1.39 bits per heavy atom. The van der Waals surface area contributed by atoms with E-state index in [1.165, 1.54) is 48.5 Å². The van der Waals surface area contributed by atoms with Crippen LogP contribution in [0.25, 0.3) is 22.4 Å². The molecule has 3 aromatic rings. The van der Waals surface area contributed by atoms with Gasteiger partial charge in [-0.1, -0.05) is 24.3 Å². The average molecular weight is 542 g/mol. The largest absolute Gasteiger partial charge is 0.451 e. The molecule has 2 aromatic carbocycles. The lowest BCUT2D eigenvalue weighted by atomic mass is 9.98. The number of hydrogen-bond donors (Lipinski definition) is 2. The third kappa shape index (κ3) is 5.51. The van der Waals surface area contributed by atoms with Gasteiger partial charge in [0.15, 0.2) is 9.84 Å².